The van der Waals surface area contributed by atoms with Crippen molar-refractivity contribution in [3.8, 4) is 0 Å². The van der Waals surface area contributed by atoms with E-state index < -0.39 is 23.8 Å². The Hall–Kier alpha value is 0.0300. The highest BCUT2D eigenvalue weighted by atomic mass is 128. The molecule has 8 heteroatoms. The summed E-state index contributed by atoms with van der Waals surface area (Å²) in [5.74, 6) is -3.16. The summed E-state index contributed by atoms with van der Waals surface area (Å²) in [6.07, 6.45) is -1.54. The van der Waals surface area contributed by atoms with Gasteiger partial charge in [0.25, 0.3) is 5.78 Å². The highest BCUT2D eigenvalue weighted by molar-refractivity contribution is 15.0. The molecule has 1 unspecified atom stereocenters. The van der Waals surface area contributed by atoms with Gasteiger partial charge in [-0.25, -0.2) is 9.59 Å². The quantitative estimate of drug-likeness (QED) is 0.275. The lowest BCUT2D eigenvalue weighted by Gasteiger charge is -2.09. The van der Waals surface area contributed by atoms with Gasteiger partial charge in [-0.3, -0.25) is 4.79 Å². The Kier molecular flexibility index (Phi) is 12.2. The fourth-order valence-electron chi connectivity index (χ4n) is 0.625. The predicted molar refractivity (Wildman–Crippen MR) is 67.9 cm³/mol. The van der Waals surface area contributed by atoms with Crippen LogP contribution in [0.15, 0.2) is 0 Å². The zero-order chi connectivity index (χ0) is 12.4. The second-order valence-electron chi connectivity index (χ2n) is 1.99. The molecule has 0 radical (unpaired) electrons. The van der Waals surface area contributed by atoms with E-state index in [0.717, 1.165) is 21.3 Å². The average molecular weight is 444 g/mol. The van der Waals surface area contributed by atoms with Crippen LogP contribution in [0.25, 0.3) is 0 Å². The summed E-state index contributed by atoms with van der Waals surface area (Å²) < 4.78 is 12.8. The van der Waals surface area contributed by atoms with Crippen LogP contribution in [0.2, 0.25) is 0 Å². The molecule has 0 saturated carbocycles. The van der Waals surface area contributed by atoms with Crippen molar-refractivity contribution in [3.05, 3.63) is 0 Å². The van der Waals surface area contributed by atoms with E-state index in [1.165, 1.54) is 0 Å². The molecule has 0 fully saturated rings. The first kappa shape index (κ1) is 17.4. The number of ether oxygens (including phenoxy) is 3. The molecule has 6 nitrogen and oxygen atoms in total. The van der Waals surface area contributed by atoms with Gasteiger partial charge in [0.1, 0.15) is 0 Å². The van der Waals surface area contributed by atoms with Crippen LogP contribution in [-0.2, 0) is 28.6 Å². The Morgan fingerprint density at radius 3 is 1.73 bits per heavy atom. The standard InChI is InChI=1S/C7H10O6.I2/c1-11-5(7(10)13-3)4(8)6(9)12-2;1-2/h5H,1-3H3;. The molecule has 15 heavy (non-hydrogen) atoms. The van der Waals surface area contributed by atoms with Crippen LogP contribution in [0.4, 0.5) is 0 Å². The van der Waals surface area contributed by atoms with E-state index in [0.29, 0.717) is 0 Å². The number of carbonyl (C=O) groups is 3. The maximum absolute atomic E-state index is 11.0. The number of methoxy groups -OCH3 is 3. The topological polar surface area (TPSA) is 78.9 Å². The largest absolute Gasteiger partial charge is 0.467 e. The van der Waals surface area contributed by atoms with Crippen molar-refractivity contribution in [1.82, 2.24) is 0 Å². The van der Waals surface area contributed by atoms with Crippen LogP contribution >= 0.6 is 37.2 Å². The monoisotopic (exact) mass is 444 g/mol. The van der Waals surface area contributed by atoms with Gasteiger partial charge < -0.3 is 14.2 Å². The molecule has 0 saturated heterocycles. The fraction of sp³-hybridized carbons (Fsp3) is 0.571. The summed E-state index contributed by atoms with van der Waals surface area (Å²) in [5, 5.41) is 0. The van der Waals surface area contributed by atoms with Crippen molar-refractivity contribution in [2.24, 2.45) is 0 Å². The first-order valence-corrected chi connectivity index (χ1v) is 9.74. The highest BCUT2D eigenvalue weighted by Crippen LogP contribution is 1.97. The number of hydrogen-bond acceptors (Lipinski definition) is 6. The fourth-order valence-corrected chi connectivity index (χ4v) is 0.625. The molecule has 0 aliphatic heterocycles. The number of ketones is 1. The van der Waals surface area contributed by atoms with Crippen LogP contribution in [0.5, 0.6) is 0 Å². The van der Waals surface area contributed by atoms with Crippen molar-refractivity contribution in [2.75, 3.05) is 21.3 Å². The van der Waals surface area contributed by atoms with E-state index in [1.54, 1.807) is 0 Å². The second-order valence-corrected chi connectivity index (χ2v) is 1.99. The maximum atomic E-state index is 11.0. The van der Waals surface area contributed by atoms with E-state index in [9.17, 15) is 14.4 Å². The molecule has 88 valence electrons. The van der Waals surface area contributed by atoms with Crippen molar-refractivity contribution >= 4 is 55.0 Å². The van der Waals surface area contributed by atoms with Gasteiger partial charge >= 0.3 is 11.9 Å². The van der Waals surface area contributed by atoms with E-state index >= 15 is 0 Å². The number of Topliss-reactive ketones (excluding diaryl/α,β-unsaturated/α-hetero) is 1. The minimum Gasteiger partial charge on any atom is -0.467 e. The third-order valence-corrected chi connectivity index (χ3v) is 1.28. The lowest BCUT2D eigenvalue weighted by molar-refractivity contribution is -0.165. The van der Waals surface area contributed by atoms with E-state index in [1.807, 2.05) is 0 Å². The van der Waals surface area contributed by atoms with Gasteiger partial charge in [0, 0.05) is 44.3 Å². The molecule has 0 heterocycles. The maximum Gasteiger partial charge on any atom is 0.377 e. The average Bonchev–Trinajstić information content (AvgIpc) is 2.30. The molecule has 0 aromatic rings. The molecule has 0 spiro atoms. The van der Waals surface area contributed by atoms with Gasteiger partial charge in [0.05, 0.1) is 14.2 Å². The van der Waals surface area contributed by atoms with Crippen molar-refractivity contribution in [3.63, 3.8) is 0 Å². The molecule has 0 N–H and O–H groups in total. The number of esters is 2. The number of hydrogen-bond donors (Lipinski definition) is 0. The van der Waals surface area contributed by atoms with Crippen molar-refractivity contribution in [2.45, 2.75) is 6.10 Å². The molecule has 1 atom stereocenters. The second kappa shape index (κ2) is 10.5. The Morgan fingerprint density at radius 2 is 1.47 bits per heavy atom. The van der Waals surface area contributed by atoms with Crippen molar-refractivity contribution in [1.29, 1.82) is 0 Å². The molecule has 0 aromatic carbocycles. The van der Waals surface area contributed by atoms with Gasteiger partial charge in [-0.1, -0.05) is 0 Å². The minimum absolute atomic E-state index is 0.932. The number of halogens is 2. The van der Waals surface area contributed by atoms with E-state index in [4.69, 9.17) is 0 Å². The van der Waals surface area contributed by atoms with Gasteiger partial charge in [-0.05, 0) is 0 Å². The molecule has 0 rings (SSSR count). The van der Waals surface area contributed by atoms with Gasteiger partial charge in [-0.15, -0.1) is 0 Å². The Bertz CT molecular complexity index is 230. The van der Waals surface area contributed by atoms with E-state index in [-0.39, 0.29) is 0 Å². The van der Waals surface area contributed by atoms with Gasteiger partial charge in [0.15, 0.2) is 0 Å². The molecule has 0 amide bonds. The first-order valence-electron chi connectivity index (χ1n) is 3.45. The third kappa shape index (κ3) is 6.25. The molecule has 0 aliphatic rings. The Balaban J connectivity index is 0. The van der Waals surface area contributed by atoms with Gasteiger partial charge in [0.2, 0.25) is 6.10 Å². The van der Waals surface area contributed by atoms with Crippen molar-refractivity contribution < 1.29 is 28.6 Å². The Labute approximate surface area is 110 Å². The zero-order valence-corrected chi connectivity index (χ0v) is 12.6. The molecule has 0 aromatic heterocycles. The summed E-state index contributed by atoms with van der Waals surface area (Å²) >= 11 is 4.24. The predicted octanol–water partition coefficient (Wildman–Crippen LogP) is 0.688. The zero-order valence-electron chi connectivity index (χ0n) is 8.28. The van der Waals surface area contributed by atoms with Crippen LogP contribution < -0.4 is 0 Å². The smallest absolute Gasteiger partial charge is 0.377 e. The number of rotatable bonds is 4. The van der Waals surface area contributed by atoms with Crippen LogP contribution in [-0.4, -0.2) is 45.2 Å². The highest BCUT2D eigenvalue weighted by Gasteiger charge is 2.33. The molecular weight excluding hydrogens is 434 g/mol. The lowest BCUT2D eigenvalue weighted by atomic mass is 10.2. The first-order chi connectivity index (χ1) is 7.08. The molecule has 0 aliphatic carbocycles. The normalized spacial score (nSPS) is 10.5. The Morgan fingerprint density at radius 1 is 1.00 bits per heavy atom. The van der Waals surface area contributed by atoms with Gasteiger partial charge in [-0.2, -0.15) is 0 Å². The third-order valence-electron chi connectivity index (χ3n) is 1.28. The summed E-state index contributed by atoms with van der Waals surface area (Å²) in [5.41, 5.74) is 0. The summed E-state index contributed by atoms with van der Waals surface area (Å²) in [6.45, 7) is 0. The van der Waals surface area contributed by atoms with Crippen LogP contribution in [0.3, 0.4) is 0 Å². The molecule has 0 bridgehead atoms. The van der Waals surface area contributed by atoms with E-state index in [2.05, 4.69) is 51.4 Å². The van der Waals surface area contributed by atoms with Crippen LogP contribution in [0, 0.1) is 0 Å². The van der Waals surface area contributed by atoms with Crippen LogP contribution in [0.1, 0.15) is 0 Å². The molecular formula is C7H10I2O6. The summed E-state index contributed by atoms with van der Waals surface area (Å²) in [4.78, 5) is 32.5. The SMILES string of the molecule is COC(=O)C(=O)C(OC)C(=O)OC.II. The lowest BCUT2D eigenvalue weighted by Crippen LogP contribution is -2.38. The summed E-state index contributed by atoms with van der Waals surface area (Å²) in [6, 6.07) is 0. The summed E-state index contributed by atoms with van der Waals surface area (Å²) in [7, 11) is 3.23. The minimum atomic E-state index is -1.54. The number of carbonyl (C=O) groups excluding carboxylic acids is 3.